The van der Waals surface area contributed by atoms with Crippen LogP contribution in [0.3, 0.4) is 0 Å². The Balaban J connectivity index is -0.000000409. The molecule has 0 aromatic heterocycles. The largest absolute Gasteiger partial charge is 0 e. The van der Waals surface area contributed by atoms with Gasteiger partial charge in [0.15, 0.2) is 0 Å². The molecule has 1 aromatic carbocycles. The van der Waals surface area contributed by atoms with Crippen LogP contribution in [-0.4, -0.2) is 0 Å². The molecule has 0 aliphatic heterocycles. The molecule has 6 heteroatoms. The molecule has 0 atom stereocenters. The van der Waals surface area contributed by atoms with Gasteiger partial charge in [-0.2, -0.15) is 12.1 Å². The van der Waals surface area contributed by atoms with Crippen LogP contribution in [0.4, 0.5) is 0 Å². The van der Waals surface area contributed by atoms with Gasteiger partial charge in [-0.1, -0.05) is 5.56 Å². The molecule has 0 unspecified atom stereocenters. The van der Waals surface area contributed by atoms with Crippen molar-refractivity contribution in [3.05, 3.63) is 48.7 Å². The van der Waals surface area contributed by atoms with Crippen molar-refractivity contribution < 1.29 is 28.8 Å². The molecule has 0 N–H and O–H groups in total. The molecule has 0 aliphatic rings. The van der Waals surface area contributed by atoms with Gasteiger partial charge >= 0.3 is 22.6 Å². The standard InChI is InChI=1S/C10H4N3.2CO.Rh/c11-5-9(6-12)10(7-13)8-3-1-2-4-8;2*1-2;/h1-4H;;;/q-1;;;. The minimum Gasteiger partial charge on any atom is 0 e. The average molecular weight is 325 g/mol. The van der Waals surface area contributed by atoms with Gasteiger partial charge in [-0.15, -0.1) is 12.1 Å². The molecule has 0 bridgehead atoms. The molecule has 0 spiro atoms. The Hall–Kier alpha value is -2.34. The number of nitriles is 3. The molecule has 0 saturated carbocycles. The van der Waals surface area contributed by atoms with E-state index in [0.29, 0.717) is 5.56 Å². The van der Waals surface area contributed by atoms with E-state index >= 15 is 0 Å². The zero-order chi connectivity index (χ0) is 13.7. The Labute approximate surface area is 117 Å². The van der Waals surface area contributed by atoms with Gasteiger partial charge in [-0.25, -0.2) is 15.8 Å². The zero-order valence-electron chi connectivity index (χ0n) is 8.80. The van der Waals surface area contributed by atoms with E-state index in [2.05, 4.69) is 13.3 Å². The minimum atomic E-state index is -0.145. The fraction of sp³-hybridized carbons (Fsp3) is 0. The van der Waals surface area contributed by atoms with Gasteiger partial charge in [0.2, 0.25) is 0 Å². The maximum Gasteiger partial charge on any atom is 0 e. The van der Waals surface area contributed by atoms with Crippen LogP contribution < -0.4 is 0 Å². The third-order valence-electron chi connectivity index (χ3n) is 1.54. The summed E-state index contributed by atoms with van der Waals surface area (Å²) in [5.74, 6) is 0. The van der Waals surface area contributed by atoms with Gasteiger partial charge in [-0.05, 0) is 5.57 Å². The van der Waals surface area contributed by atoms with Crippen LogP contribution in [-0.2, 0) is 28.8 Å². The molecule has 0 heterocycles. The second-order valence-corrected chi connectivity index (χ2v) is 2.26. The van der Waals surface area contributed by atoms with Crippen LogP contribution >= 0.6 is 0 Å². The van der Waals surface area contributed by atoms with Gasteiger partial charge < -0.3 is 0 Å². The summed E-state index contributed by atoms with van der Waals surface area (Å²) in [5, 5.41) is 25.8. The Kier molecular flexibility index (Phi) is 17.1. The first-order valence-electron chi connectivity index (χ1n) is 3.91. The van der Waals surface area contributed by atoms with Crippen LogP contribution in [0.5, 0.6) is 0 Å². The Bertz CT molecular complexity index is 512. The first-order chi connectivity index (χ1) is 8.33. The molecule has 18 heavy (non-hydrogen) atoms. The quantitative estimate of drug-likeness (QED) is 0.339. The molecule has 5 nitrogen and oxygen atoms in total. The summed E-state index contributed by atoms with van der Waals surface area (Å²) in [5.41, 5.74) is 0.601. The molecule has 89 valence electrons. The predicted octanol–water partition coefficient (Wildman–Crippen LogP) is 1.65. The summed E-state index contributed by atoms with van der Waals surface area (Å²) < 4.78 is 15.0. The molecule has 1 radical (unpaired) electrons. The first kappa shape index (κ1) is 21.0. The fourth-order valence-electron chi connectivity index (χ4n) is 0.942. The molecular formula is C12H4N3O2Rh-. The maximum atomic E-state index is 8.72. The molecule has 0 fully saturated rings. The third kappa shape index (κ3) is 6.29. The number of rotatable bonds is 1. The Morgan fingerprint density at radius 1 is 0.889 bits per heavy atom. The van der Waals surface area contributed by atoms with Gasteiger partial charge in [0.1, 0.15) is 0 Å². The second-order valence-electron chi connectivity index (χ2n) is 2.26. The van der Waals surface area contributed by atoms with Gasteiger partial charge in [0.05, 0.1) is 17.7 Å². The van der Waals surface area contributed by atoms with Gasteiger partial charge in [0, 0.05) is 25.5 Å². The topological polar surface area (TPSA) is 111 Å². The number of hydrogen-bond donors (Lipinski definition) is 0. The summed E-state index contributed by atoms with van der Waals surface area (Å²) in [6, 6.07) is 12.1. The number of allylic oxidation sites excluding steroid dienone is 2. The average Bonchev–Trinajstić information content (AvgIpc) is 2.94. The Morgan fingerprint density at radius 3 is 1.56 bits per heavy atom. The molecule has 0 aliphatic carbocycles. The SMILES string of the molecule is N#CC(C#N)=C(C#N)[c-]1cccc1.[C-]#[O+].[C-]#[O+].[Rh]. The van der Waals surface area contributed by atoms with Crippen LogP contribution in [0.1, 0.15) is 5.56 Å². The van der Waals surface area contributed by atoms with Gasteiger partial charge in [-0.3, -0.25) is 0 Å². The minimum absolute atomic E-state index is 0. The van der Waals surface area contributed by atoms with Crippen molar-refractivity contribution >= 4 is 5.57 Å². The molecular weight excluding hydrogens is 321 g/mol. The van der Waals surface area contributed by atoms with Crippen molar-refractivity contribution in [2.24, 2.45) is 0 Å². The van der Waals surface area contributed by atoms with Gasteiger partial charge in [0.25, 0.3) is 0 Å². The van der Waals surface area contributed by atoms with E-state index in [1.807, 2.05) is 6.07 Å². The van der Waals surface area contributed by atoms with Crippen LogP contribution in [0, 0.1) is 47.3 Å². The van der Waals surface area contributed by atoms with E-state index in [-0.39, 0.29) is 30.6 Å². The summed E-state index contributed by atoms with van der Waals surface area (Å²) in [7, 11) is 0. The van der Waals surface area contributed by atoms with E-state index < -0.39 is 0 Å². The second kappa shape index (κ2) is 14.7. The summed E-state index contributed by atoms with van der Waals surface area (Å²) >= 11 is 0. The monoisotopic (exact) mass is 325 g/mol. The predicted molar refractivity (Wildman–Crippen MR) is 53.7 cm³/mol. The van der Waals surface area contributed by atoms with E-state index in [0.717, 1.165) is 0 Å². The van der Waals surface area contributed by atoms with E-state index in [4.69, 9.17) is 25.1 Å². The Morgan fingerprint density at radius 2 is 1.28 bits per heavy atom. The number of hydrogen-bond acceptors (Lipinski definition) is 3. The van der Waals surface area contributed by atoms with Crippen LogP contribution in [0.15, 0.2) is 29.8 Å². The van der Waals surface area contributed by atoms with Crippen molar-refractivity contribution in [3.63, 3.8) is 0 Å². The maximum absolute atomic E-state index is 8.72. The zero-order valence-corrected chi connectivity index (χ0v) is 10.4. The summed E-state index contributed by atoms with van der Waals surface area (Å²) in [4.78, 5) is 0. The summed E-state index contributed by atoms with van der Waals surface area (Å²) in [6.45, 7) is 9.00. The van der Waals surface area contributed by atoms with Crippen LogP contribution in [0.2, 0.25) is 0 Å². The molecule has 0 saturated heterocycles. The summed E-state index contributed by atoms with van der Waals surface area (Å²) in [6.07, 6.45) is 0. The first-order valence-corrected chi connectivity index (χ1v) is 3.91. The van der Waals surface area contributed by atoms with E-state index in [1.54, 1.807) is 36.4 Å². The fourth-order valence-corrected chi connectivity index (χ4v) is 0.942. The smallest absolute Gasteiger partial charge is 0 e. The van der Waals surface area contributed by atoms with Crippen molar-refractivity contribution in [2.45, 2.75) is 0 Å². The van der Waals surface area contributed by atoms with Crippen molar-refractivity contribution in [1.29, 1.82) is 15.8 Å². The van der Waals surface area contributed by atoms with E-state index in [9.17, 15) is 0 Å². The van der Waals surface area contributed by atoms with Crippen molar-refractivity contribution in [1.82, 2.24) is 0 Å². The third-order valence-corrected chi connectivity index (χ3v) is 1.54. The molecule has 1 aromatic rings. The van der Waals surface area contributed by atoms with Crippen molar-refractivity contribution in [3.8, 4) is 18.2 Å². The van der Waals surface area contributed by atoms with E-state index in [1.165, 1.54) is 0 Å². The number of nitrogens with zero attached hydrogens (tertiary/aromatic N) is 3. The molecule has 1 rings (SSSR count). The van der Waals surface area contributed by atoms with Crippen LogP contribution in [0.25, 0.3) is 5.57 Å². The van der Waals surface area contributed by atoms with Crippen molar-refractivity contribution in [2.75, 3.05) is 0 Å². The normalized spacial score (nSPS) is 5.83. The molecule has 0 amide bonds.